The fraction of sp³-hybridized carbons (Fsp3) is 0.292. The molecule has 1 saturated heterocycles. The highest BCUT2D eigenvalue weighted by Gasteiger charge is 2.19. The first kappa shape index (κ1) is 21.9. The number of piperidine rings is 1. The van der Waals surface area contributed by atoms with Crippen molar-refractivity contribution in [1.29, 1.82) is 0 Å². The van der Waals surface area contributed by atoms with E-state index in [9.17, 15) is 4.79 Å². The third kappa shape index (κ3) is 4.78. The number of hydrogen-bond donors (Lipinski definition) is 2. The van der Waals surface area contributed by atoms with Crippen LogP contribution in [-0.4, -0.2) is 35.6 Å². The van der Waals surface area contributed by atoms with E-state index in [0.717, 1.165) is 31.6 Å². The maximum absolute atomic E-state index is 13.2. The molecule has 0 radical (unpaired) electrons. The summed E-state index contributed by atoms with van der Waals surface area (Å²) in [5, 5.41) is 3.46. The van der Waals surface area contributed by atoms with Crippen molar-refractivity contribution in [2.24, 2.45) is 0 Å². The van der Waals surface area contributed by atoms with E-state index in [0.29, 0.717) is 34.3 Å². The van der Waals surface area contributed by atoms with Crippen LogP contribution in [-0.2, 0) is 0 Å². The predicted octanol–water partition coefficient (Wildman–Crippen LogP) is 5.02. The summed E-state index contributed by atoms with van der Waals surface area (Å²) in [6.45, 7) is 4.36. The molecule has 0 atom stereocenters. The number of hydrogen-bond acceptors (Lipinski definition) is 6. The molecule has 3 aromatic rings. The van der Waals surface area contributed by atoms with Crippen molar-refractivity contribution in [3.05, 3.63) is 59.5 Å². The molecule has 2 aromatic heterocycles. The Morgan fingerprint density at radius 1 is 1.19 bits per heavy atom. The molecule has 0 unspecified atom stereocenters. The van der Waals surface area contributed by atoms with Crippen LogP contribution in [0.25, 0.3) is 11.3 Å². The highest BCUT2D eigenvalue weighted by Crippen LogP contribution is 2.32. The lowest BCUT2D eigenvalue weighted by molar-refractivity contribution is 0.102. The first-order valence-corrected chi connectivity index (χ1v) is 11.1. The number of halogens is 1. The molecule has 3 N–H and O–H groups in total. The predicted molar refractivity (Wildman–Crippen MR) is 129 cm³/mol. The summed E-state index contributed by atoms with van der Waals surface area (Å²) in [5.41, 5.74) is 9.33. The highest BCUT2D eigenvalue weighted by molar-refractivity contribution is 6.33. The molecule has 7 nitrogen and oxygen atoms in total. The monoisotopic (exact) mass is 451 g/mol. The Balaban J connectivity index is 1.63. The van der Waals surface area contributed by atoms with Crippen molar-refractivity contribution >= 4 is 34.6 Å². The number of nitrogen functional groups attached to an aromatic ring is 1. The molecule has 1 aromatic carbocycles. The normalized spacial score (nSPS) is 13.6. The summed E-state index contributed by atoms with van der Waals surface area (Å²) in [4.78, 5) is 24.1. The zero-order valence-electron chi connectivity index (χ0n) is 18.0. The molecule has 1 fully saturated rings. The van der Waals surface area contributed by atoms with Crippen molar-refractivity contribution in [2.75, 3.05) is 35.6 Å². The van der Waals surface area contributed by atoms with Gasteiger partial charge in [0.15, 0.2) is 5.69 Å². The summed E-state index contributed by atoms with van der Waals surface area (Å²) in [5.74, 6) is 0.283. The maximum Gasteiger partial charge on any atom is 0.276 e. The Hall–Kier alpha value is -3.32. The molecule has 8 heteroatoms. The van der Waals surface area contributed by atoms with Gasteiger partial charge >= 0.3 is 0 Å². The number of nitrogens with two attached hydrogens (primary N) is 1. The van der Waals surface area contributed by atoms with Crippen molar-refractivity contribution in [3.63, 3.8) is 0 Å². The summed E-state index contributed by atoms with van der Waals surface area (Å²) in [6.07, 6.45) is 6.88. The Labute approximate surface area is 192 Å². The lowest BCUT2D eigenvalue weighted by Gasteiger charge is -2.30. The number of ether oxygens (including phenoxy) is 1. The van der Waals surface area contributed by atoms with Gasteiger partial charge in [0.1, 0.15) is 5.75 Å². The van der Waals surface area contributed by atoms with Gasteiger partial charge in [-0.25, -0.2) is 4.98 Å². The summed E-state index contributed by atoms with van der Waals surface area (Å²) < 4.78 is 5.57. The molecule has 1 aliphatic rings. The van der Waals surface area contributed by atoms with E-state index in [1.165, 1.54) is 6.42 Å². The summed E-state index contributed by atoms with van der Waals surface area (Å²) >= 11 is 6.40. The van der Waals surface area contributed by atoms with E-state index in [1.54, 1.807) is 36.7 Å². The van der Waals surface area contributed by atoms with Crippen molar-refractivity contribution in [3.8, 4) is 17.0 Å². The SMILES string of the molecule is CCOc1ccc(Cl)c(-c2ccc(N)c(C(=O)Nc3cnccc3N3CCCCC3)n2)c1. The van der Waals surface area contributed by atoms with Gasteiger partial charge in [-0.2, -0.15) is 0 Å². The van der Waals surface area contributed by atoms with Gasteiger partial charge in [0, 0.05) is 24.8 Å². The molecule has 166 valence electrons. The molecule has 0 aliphatic carbocycles. The number of pyridine rings is 2. The van der Waals surface area contributed by atoms with Gasteiger partial charge in [-0.15, -0.1) is 0 Å². The third-order valence-corrected chi connectivity index (χ3v) is 5.74. The molecule has 0 spiro atoms. The number of amides is 1. The number of anilines is 3. The third-order valence-electron chi connectivity index (χ3n) is 5.41. The van der Waals surface area contributed by atoms with E-state index in [1.807, 2.05) is 19.1 Å². The minimum absolute atomic E-state index is 0.133. The number of rotatable bonds is 6. The molecule has 0 bridgehead atoms. The molecule has 1 amide bonds. The fourth-order valence-corrected chi connectivity index (χ4v) is 4.05. The van der Waals surface area contributed by atoms with Gasteiger partial charge in [0.2, 0.25) is 0 Å². The highest BCUT2D eigenvalue weighted by atomic mass is 35.5. The molecule has 3 heterocycles. The van der Waals surface area contributed by atoms with Crippen LogP contribution in [0.4, 0.5) is 17.1 Å². The topological polar surface area (TPSA) is 93.4 Å². The van der Waals surface area contributed by atoms with E-state index in [-0.39, 0.29) is 11.4 Å². The molecule has 1 aliphatic heterocycles. The molecule has 32 heavy (non-hydrogen) atoms. The quantitative estimate of drug-likeness (QED) is 0.546. The molecule has 4 rings (SSSR count). The average Bonchev–Trinajstić information content (AvgIpc) is 2.82. The number of nitrogens with one attached hydrogen (secondary N) is 1. The van der Waals surface area contributed by atoms with Gasteiger partial charge < -0.3 is 20.7 Å². The van der Waals surface area contributed by atoms with Crippen molar-refractivity contribution in [2.45, 2.75) is 26.2 Å². The van der Waals surface area contributed by atoms with Gasteiger partial charge in [0.05, 0.1) is 40.6 Å². The van der Waals surface area contributed by atoms with Crippen LogP contribution in [0.1, 0.15) is 36.7 Å². The van der Waals surface area contributed by atoms with E-state index < -0.39 is 5.91 Å². The second kappa shape index (κ2) is 9.87. The van der Waals surface area contributed by atoms with Gasteiger partial charge in [0.25, 0.3) is 5.91 Å². The summed E-state index contributed by atoms with van der Waals surface area (Å²) in [7, 11) is 0. The number of carbonyl (C=O) groups is 1. The van der Waals surface area contributed by atoms with Gasteiger partial charge in [-0.1, -0.05) is 11.6 Å². The number of nitrogens with zero attached hydrogens (tertiary/aromatic N) is 3. The van der Waals surface area contributed by atoms with Crippen LogP contribution >= 0.6 is 11.6 Å². The second-order valence-electron chi connectivity index (χ2n) is 7.60. The zero-order chi connectivity index (χ0) is 22.5. The van der Waals surface area contributed by atoms with Crippen molar-refractivity contribution < 1.29 is 9.53 Å². The molecule has 0 saturated carbocycles. The van der Waals surface area contributed by atoms with E-state index >= 15 is 0 Å². The van der Waals surface area contributed by atoms with Crippen LogP contribution in [0.3, 0.4) is 0 Å². The number of benzene rings is 1. The minimum Gasteiger partial charge on any atom is -0.494 e. The standard InChI is InChI=1S/C24H26ClN5O2/c1-2-32-16-6-7-18(25)17(14-16)20-9-8-19(26)23(28-20)24(31)29-21-15-27-11-10-22(21)30-12-4-3-5-13-30/h6-11,14-15H,2-5,12-13,26H2,1H3,(H,29,31). The molecular formula is C24H26ClN5O2. The van der Waals surface area contributed by atoms with E-state index in [2.05, 4.69) is 20.2 Å². The second-order valence-corrected chi connectivity index (χ2v) is 8.01. The van der Waals surface area contributed by atoms with Gasteiger partial charge in [-0.3, -0.25) is 9.78 Å². The average molecular weight is 452 g/mol. The Kier molecular flexibility index (Phi) is 6.75. The van der Waals surface area contributed by atoms with Gasteiger partial charge in [-0.05, 0) is 62.6 Å². The number of aromatic nitrogens is 2. The fourth-order valence-electron chi connectivity index (χ4n) is 3.83. The van der Waals surface area contributed by atoms with Crippen LogP contribution in [0, 0.1) is 0 Å². The van der Waals surface area contributed by atoms with E-state index in [4.69, 9.17) is 22.1 Å². The largest absolute Gasteiger partial charge is 0.494 e. The first-order valence-electron chi connectivity index (χ1n) is 10.8. The number of carbonyl (C=O) groups excluding carboxylic acids is 1. The maximum atomic E-state index is 13.2. The Morgan fingerprint density at radius 3 is 2.78 bits per heavy atom. The van der Waals surface area contributed by atoms with Crippen molar-refractivity contribution in [1.82, 2.24) is 9.97 Å². The van der Waals surface area contributed by atoms with Crippen LogP contribution in [0.15, 0.2) is 48.8 Å². The lowest BCUT2D eigenvalue weighted by Crippen LogP contribution is -2.30. The van der Waals surface area contributed by atoms with Crippen LogP contribution in [0.2, 0.25) is 5.02 Å². The lowest BCUT2D eigenvalue weighted by atomic mass is 10.1. The smallest absolute Gasteiger partial charge is 0.276 e. The first-order chi connectivity index (χ1) is 15.6. The zero-order valence-corrected chi connectivity index (χ0v) is 18.7. The molecular weight excluding hydrogens is 426 g/mol. The minimum atomic E-state index is -0.396. The Morgan fingerprint density at radius 2 is 2.00 bits per heavy atom. The van der Waals surface area contributed by atoms with Crippen LogP contribution in [0.5, 0.6) is 5.75 Å². The summed E-state index contributed by atoms with van der Waals surface area (Å²) in [6, 6.07) is 10.7. The van der Waals surface area contributed by atoms with Crippen LogP contribution < -0.4 is 20.7 Å². The Bertz CT molecular complexity index is 1120.